The highest BCUT2D eigenvalue weighted by atomic mass is 15.3. The summed E-state index contributed by atoms with van der Waals surface area (Å²) in [5.41, 5.74) is 10.1. The van der Waals surface area contributed by atoms with Crippen molar-refractivity contribution in [1.82, 2.24) is 19.5 Å². The van der Waals surface area contributed by atoms with Gasteiger partial charge in [0.25, 0.3) is 0 Å². The lowest BCUT2D eigenvalue weighted by Gasteiger charge is -2.16. The summed E-state index contributed by atoms with van der Waals surface area (Å²) in [4.78, 5) is 15.4. The Labute approximate surface area is 142 Å². The topological polar surface area (TPSA) is 84.2 Å². The molecule has 1 aliphatic heterocycles. The van der Waals surface area contributed by atoms with E-state index >= 15 is 0 Å². The summed E-state index contributed by atoms with van der Waals surface area (Å²) in [5, 5.41) is 4.67. The van der Waals surface area contributed by atoms with Gasteiger partial charge in [-0.05, 0) is 45.2 Å². The van der Waals surface area contributed by atoms with Gasteiger partial charge in [0.05, 0.1) is 17.1 Å². The standard InChI is InChI=1S/C17H25N7/c1-12-13(2)24-16(20-12)9-7-14(22-24)6-8-15(19-3)21-17(18)23-10-4-5-11-23/h7,9H,4-6,8,10-11H2,1-3H3,(H2,18,19,21). The Hall–Kier alpha value is -2.44. The monoisotopic (exact) mass is 327 g/mol. The fraction of sp³-hybridized carbons (Fsp3) is 0.529. The summed E-state index contributed by atoms with van der Waals surface area (Å²) in [6, 6.07) is 4.02. The Kier molecular flexibility index (Phi) is 4.78. The first kappa shape index (κ1) is 16.4. The van der Waals surface area contributed by atoms with Crippen molar-refractivity contribution in [1.29, 1.82) is 0 Å². The molecule has 0 saturated carbocycles. The molecule has 24 heavy (non-hydrogen) atoms. The summed E-state index contributed by atoms with van der Waals surface area (Å²) in [7, 11) is 1.76. The van der Waals surface area contributed by atoms with Crippen LogP contribution >= 0.6 is 0 Å². The molecule has 1 fully saturated rings. The maximum Gasteiger partial charge on any atom is 0.197 e. The number of hydrogen-bond acceptors (Lipinski definition) is 3. The predicted molar refractivity (Wildman–Crippen MR) is 96.6 cm³/mol. The number of rotatable bonds is 3. The molecular weight excluding hydrogens is 302 g/mol. The van der Waals surface area contributed by atoms with Gasteiger partial charge in [0.2, 0.25) is 0 Å². The molecule has 0 amide bonds. The fourth-order valence-corrected chi connectivity index (χ4v) is 2.93. The lowest BCUT2D eigenvalue weighted by atomic mass is 10.2. The number of hydrogen-bond donors (Lipinski definition) is 1. The van der Waals surface area contributed by atoms with E-state index in [1.165, 1.54) is 12.8 Å². The zero-order valence-electron chi connectivity index (χ0n) is 14.7. The third-order valence-corrected chi connectivity index (χ3v) is 4.53. The molecule has 1 saturated heterocycles. The molecule has 7 nitrogen and oxygen atoms in total. The maximum atomic E-state index is 6.09. The lowest BCUT2D eigenvalue weighted by Crippen LogP contribution is -2.35. The van der Waals surface area contributed by atoms with Crippen molar-refractivity contribution in [2.45, 2.75) is 39.5 Å². The number of guanidine groups is 1. The van der Waals surface area contributed by atoms with E-state index in [-0.39, 0.29) is 0 Å². The zero-order chi connectivity index (χ0) is 17.1. The number of imidazole rings is 1. The van der Waals surface area contributed by atoms with E-state index < -0.39 is 0 Å². The van der Waals surface area contributed by atoms with Crippen LogP contribution in [0.1, 0.15) is 36.3 Å². The van der Waals surface area contributed by atoms with Crippen molar-refractivity contribution < 1.29 is 0 Å². The molecule has 2 N–H and O–H groups in total. The molecule has 0 spiro atoms. The molecule has 7 heteroatoms. The summed E-state index contributed by atoms with van der Waals surface area (Å²) in [6.45, 7) is 6.01. The molecule has 2 aromatic heterocycles. The van der Waals surface area contributed by atoms with Crippen molar-refractivity contribution >= 4 is 17.4 Å². The number of nitrogens with two attached hydrogens (primary N) is 1. The van der Waals surface area contributed by atoms with Crippen molar-refractivity contribution in [3.8, 4) is 0 Å². The molecule has 3 rings (SSSR count). The quantitative estimate of drug-likeness (QED) is 0.687. The van der Waals surface area contributed by atoms with Crippen LogP contribution in [-0.4, -0.2) is 51.4 Å². The summed E-state index contributed by atoms with van der Waals surface area (Å²) in [5.74, 6) is 1.34. The molecule has 3 heterocycles. The number of aromatic nitrogens is 3. The molecule has 1 aliphatic rings. The van der Waals surface area contributed by atoms with Crippen LogP contribution in [0, 0.1) is 13.8 Å². The Bertz CT molecular complexity index is 782. The van der Waals surface area contributed by atoms with Crippen molar-refractivity contribution in [2.24, 2.45) is 15.7 Å². The van der Waals surface area contributed by atoms with Gasteiger partial charge < -0.3 is 10.6 Å². The number of aliphatic imine (C=N–C) groups is 2. The van der Waals surface area contributed by atoms with Crippen LogP contribution in [0.2, 0.25) is 0 Å². The first-order valence-electron chi connectivity index (χ1n) is 8.45. The second-order valence-corrected chi connectivity index (χ2v) is 6.18. The van der Waals surface area contributed by atoms with Crippen LogP contribution in [0.4, 0.5) is 0 Å². The summed E-state index contributed by atoms with van der Waals surface area (Å²) >= 11 is 0. The smallest absolute Gasteiger partial charge is 0.197 e. The Morgan fingerprint density at radius 3 is 2.71 bits per heavy atom. The van der Waals surface area contributed by atoms with Crippen LogP contribution in [-0.2, 0) is 6.42 Å². The average molecular weight is 327 g/mol. The van der Waals surface area contributed by atoms with Crippen molar-refractivity contribution in [2.75, 3.05) is 20.1 Å². The number of aryl methyl sites for hydroxylation is 3. The number of fused-ring (bicyclic) bond motifs is 1. The van der Waals surface area contributed by atoms with E-state index in [0.717, 1.165) is 54.5 Å². The van der Waals surface area contributed by atoms with Crippen molar-refractivity contribution in [3.63, 3.8) is 0 Å². The number of amidine groups is 1. The molecule has 2 aromatic rings. The van der Waals surface area contributed by atoms with Crippen LogP contribution in [0.3, 0.4) is 0 Å². The molecule has 0 bridgehead atoms. The van der Waals surface area contributed by atoms with Crippen LogP contribution < -0.4 is 5.73 Å². The molecule has 0 unspecified atom stereocenters. The van der Waals surface area contributed by atoms with E-state index in [2.05, 4.69) is 25.0 Å². The van der Waals surface area contributed by atoms with Crippen molar-refractivity contribution in [3.05, 3.63) is 29.2 Å². The Morgan fingerprint density at radius 1 is 1.25 bits per heavy atom. The fourth-order valence-electron chi connectivity index (χ4n) is 2.93. The molecule has 0 aromatic carbocycles. The molecule has 0 aliphatic carbocycles. The number of nitrogens with zero attached hydrogens (tertiary/aromatic N) is 6. The minimum Gasteiger partial charge on any atom is -0.369 e. The van der Waals surface area contributed by atoms with Crippen LogP contribution in [0.5, 0.6) is 0 Å². The lowest BCUT2D eigenvalue weighted by molar-refractivity contribution is 0.514. The normalized spacial score (nSPS) is 16.4. The van der Waals surface area contributed by atoms with Gasteiger partial charge in [-0.3, -0.25) is 4.99 Å². The van der Waals surface area contributed by atoms with E-state index in [4.69, 9.17) is 5.73 Å². The van der Waals surface area contributed by atoms with Gasteiger partial charge in [-0.1, -0.05) is 0 Å². The SMILES string of the molecule is CN=C(CCc1ccc2nc(C)c(C)n2n1)N=C(N)N1CCCC1. The van der Waals surface area contributed by atoms with Gasteiger partial charge in [-0.25, -0.2) is 14.5 Å². The van der Waals surface area contributed by atoms with Crippen LogP contribution in [0.25, 0.3) is 5.65 Å². The highest BCUT2D eigenvalue weighted by Crippen LogP contribution is 2.11. The van der Waals surface area contributed by atoms with E-state index in [1.807, 2.05) is 30.5 Å². The largest absolute Gasteiger partial charge is 0.369 e. The van der Waals surface area contributed by atoms with E-state index in [1.54, 1.807) is 7.05 Å². The number of likely N-dealkylation sites (tertiary alicyclic amines) is 1. The van der Waals surface area contributed by atoms with Gasteiger partial charge >= 0.3 is 0 Å². The second-order valence-electron chi connectivity index (χ2n) is 6.18. The summed E-state index contributed by atoms with van der Waals surface area (Å²) in [6.07, 6.45) is 3.86. The maximum absolute atomic E-state index is 6.09. The highest BCUT2D eigenvalue weighted by molar-refractivity contribution is 5.95. The highest BCUT2D eigenvalue weighted by Gasteiger charge is 2.14. The third-order valence-electron chi connectivity index (χ3n) is 4.53. The predicted octanol–water partition coefficient (Wildman–Crippen LogP) is 1.72. The van der Waals surface area contributed by atoms with Gasteiger partial charge in [0.1, 0.15) is 5.84 Å². The molecule has 0 atom stereocenters. The third kappa shape index (κ3) is 3.39. The van der Waals surface area contributed by atoms with E-state index in [0.29, 0.717) is 5.96 Å². The summed E-state index contributed by atoms with van der Waals surface area (Å²) < 4.78 is 1.90. The average Bonchev–Trinajstić information content (AvgIpc) is 3.21. The van der Waals surface area contributed by atoms with Gasteiger partial charge in [-0.2, -0.15) is 5.10 Å². The van der Waals surface area contributed by atoms with Gasteiger partial charge in [0, 0.05) is 26.6 Å². The zero-order valence-corrected chi connectivity index (χ0v) is 14.7. The van der Waals surface area contributed by atoms with E-state index in [9.17, 15) is 0 Å². The first-order valence-corrected chi connectivity index (χ1v) is 8.45. The molecule has 0 radical (unpaired) electrons. The molecule has 128 valence electrons. The minimum absolute atomic E-state index is 0.581. The van der Waals surface area contributed by atoms with Crippen LogP contribution in [0.15, 0.2) is 22.1 Å². The van der Waals surface area contributed by atoms with Gasteiger partial charge in [-0.15, -0.1) is 0 Å². The minimum atomic E-state index is 0.581. The molecular formula is C17H25N7. The first-order chi connectivity index (χ1) is 11.6. The Morgan fingerprint density at radius 2 is 2.00 bits per heavy atom. The van der Waals surface area contributed by atoms with Gasteiger partial charge in [0.15, 0.2) is 11.6 Å². The second kappa shape index (κ2) is 6.98. The Balaban J connectivity index is 1.69.